The predicted octanol–water partition coefficient (Wildman–Crippen LogP) is 6.07. The van der Waals surface area contributed by atoms with Crippen LogP contribution < -0.4 is 9.46 Å². The Bertz CT molecular complexity index is 1700. The van der Waals surface area contributed by atoms with Crippen LogP contribution in [0.15, 0.2) is 53.4 Å². The normalized spacial score (nSPS) is 23.4. The standard InChI is InChI=1S/C34H41F2N5O4S/c1-21(2)15-26-18-40-19-27(20-41(26)25-11-13-34(35,36)14-12-25)45-30-17-29(31-22(3)7-5-8-23(31)4)37-33(38-30)39-46(43,44)28-10-6-9-24(16-28)32(40)42/h5-10,16-17,21,25-27H,11-15,18-20H2,1-4H3,(H,37,38,39)/t26-,27-/m0/s1. The Morgan fingerprint density at radius 1 is 1.00 bits per heavy atom. The minimum atomic E-state index is -4.16. The molecular formula is C34H41F2N5O4S. The van der Waals surface area contributed by atoms with Crippen molar-refractivity contribution in [2.75, 3.05) is 24.4 Å². The third-order valence-electron chi connectivity index (χ3n) is 9.27. The molecule has 0 radical (unpaired) electrons. The molecule has 1 aliphatic carbocycles. The summed E-state index contributed by atoms with van der Waals surface area (Å²) < 4.78 is 64.7. The van der Waals surface area contributed by atoms with Crippen molar-refractivity contribution in [2.45, 2.75) is 88.8 Å². The first-order chi connectivity index (χ1) is 21.8. The van der Waals surface area contributed by atoms with Gasteiger partial charge in [-0.3, -0.25) is 9.69 Å². The second-order valence-corrected chi connectivity index (χ2v) is 15.0. The third-order valence-corrected chi connectivity index (χ3v) is 10.6. The zero-order valence-electron chi connectivity index (χ0n) is 26.7. The number of aromatic nitrogens is 2. The number of benzene rings is 2. The van der Waals surface area contributed by atoms with Gasteiger partial charge in [-0.15, -0.1) is 0 Å². The monoisotopic (exact) mass is 653 g/mol. The van der Waals surface area contributed by atoms with Crippen LogP contribution in [0.5, 0.6) is 5.88 Å². The Kier molecular flexibility index (Phi) is 8.79. The van der Waals surface area contributed by atoms with Gasteiger partial charge in [0.05, 0.1) is 17.1 Å². The number of amides is 1. The van der Waals surface area contributed by atoms with Crippen LogP contribution >= 0.6 is 0 Å². The molecule has 3 aliphatic rings. The Balaban J connectivity index is 1.48. The van der Waals surface area contributed by atoms with Gasteiger partial charge in [-0.05, 0) is 68.4 Å². The molecular weight excluding hydrogens is 612 g/mol. The molecule has 1 N–H and O–H groups in total. The molecule has 3 heterocycles. The smallest absolute Gasteiger partial charge is 0.264 e. The number of fused-ring (bicyclic) bond motifs is 6. The van der Waals surface area contributed by atoms with E-state index < -0.39 is 22.0 Å². The fourth-order valence-electron chi connectivity index (χ4n) is 7.13. The second-order valence-electron chi connectivity index (χ2n) is 13.3. The van der Waals surface area contributed by atoms with E-state index in [9.17, 15) is 22.0 Å². The lowest BCUT2D eigenvalue weighted by atomic mass is 9.89. The summed E-state index contributed by atoms with van der Waals surface area (Å²) in [5, 5.41) is 0. The minimum absolute atomic E-state index is 0.0790. The Labute approximate surface area is 269 Å². The topological polar surface area (TPSA) is 105 Å². The summed E-state index contributed by atoms with van der Waals surface area (Å²) in [7, 11) is -4.16. The van der Waals surface area contributed by atoms with Gasteiger partial charge in [-0.2, -0.15) is 4.98 Å². The molecule has 2 aromatic carbocycles. The van der Waals surface area contributed by atoms with E-state index in [-0.39, 0.29) is 59.7 Å². The van der Waals surface area contributed by atoms with E-state index in [4.69, 9.17) is 4.74 Å². The van der Waals surface area contributed by atoms with E-state index in [1.807, 2.05) is 32.0 Å². The zero-order chi connectivity index (χ0) is 32.8. The van der Waals surface area contributed by atoms with Crippen molar-refractivity contribution in [3.05, 3.63) is 65.2 Å². The van der Waals surface area contributed by atoms with E-state index in [0.717, 1.165) is 23.1 Å². The molecule has 2 aliphatic heterocycles. The Hall–Kier alpha value is -3.64. The number of hydrogen-bond acceptors (Lipinski definition) is 7. The number of nitrogens with zero attached hydrogens (tertiary/aromatic N) is 4. The van der Waals surface area contributed by atoms with Crippen LogP contribution in [0.4, 0.5) is 14.7 Å². The Morgan fingerprint density at radius 3 is 2.39 bits per heavy atom. The number of sulfonamides is 1. The van der Waals surface area contributed by atoms with Gasteiger partial charge < -0.3 is 9.64 Å². The lowest BCUT2D eigenvalue weighted by molar-refractivity contribution is -0.0615. The van der Waals surface area contributed by atoms with Crippen molar-refractivity contribution in [3.8, 4) is 17.1 Å². The largest absolute Gasteiger partial charge is 0.471 e. The number of nitrogens with one attached hydrogen (secondary N) is 1. The van der Waals surface area contributed by atoms with Gasteiger partial charge in [0.1, 0.15) is 6.10 Å². The van der Waals surface area contributed by atoms with Crippen LogP contribution in [0.25, 0.3) is 11.3 Å². The number of carbonyl (C=O) groups is 1. The molecule has 6 bridgehead atoms. The van der Waals surface area contributed by atoms with Gasteiger partial charge in [0, 0.05) is 55.2 Å². The highest BCUT2D eigenvalue weighted by Crippen LogP contribution is 2.38. The molecule has 6 rings (SSSR count). The number of anilines is 1. The summed E-state index contributed by atoms with van der Waals surface area (Å²) in [6, 6.07) is 13.3. The molecule has 2 fully saturated rings. The molecule has 1 saturated heterocycles. The molecule has 12 heteroatoms. The van der Waals surface area contributed by atoms with Crippen LogP contribution in [0.3, 0.4) is 0 Å². The maximum absolute atomic E-state index is 14.3. The summed E-state index contributed by atoms with van der Waals surface area (Å²) >= 11 is 0. The highest BCUT2D eigenvalue weighted by molar-refractivity contribution is 7.92. The summed E-state index contributed by atoms with van der Waals surface area (Å²) in [6.07, 6.45) is 0.574. The average Bonchev–Trinajstić information content (AvgIpc) is 3.15. The maximum Gasteiger partial charge on any atom is 0.264 e. The Morgan fingerprint density at radius 2 is 1.70 bits per heavy atom. The molecule has 2 atom stereocenters. The van der Waals surface area contributed by atoms with Crippen molar-refractivity contribution in [2.24, 2.45) is 5.92 Å². The number of carbonyl (C=O) groups excluding carboxylic acids is 1. The zero-order valence-corrected chi connectivity index (χ0v) is 27.5. The number of alkyl halides is 2. The lowest BCUT2D eigenvalue weighted by Crippen LogP contribution is -2.51. The van der Waals surface area contributed by atoms with Crippen molar-refractivity contribution in [1.82, 2.24) is 19.8 Å². The predicted molar refractivity (Wildman–Crippen MR) is 172 cm³/mol. The third kappa shape index (κ3) is 6.88. The number of ether oxygens (including phenoxy) is 1. The van der Waals surface area contributed by atoms with Gasteiger partial charge in [0.2, 0.25) is 17.8 Å². The number of halogens is 2. The van der Waals surface area contributed by atoms with Gasteiger partial charge in [-0.1, -0.05) is 38.1 Å². The summed E-state index contributed by atoms with van der Waals surface area (Å²) in [5.74, 6) is -2.68. The first-order valence-electron chi connectivity index (χ1n) is 16.0. The SMILES string of the molecule is Cc1cccc(C)c1-c1cc2nc(n1)NS(=O)(=O)c1cccc(c1)C(=O)N1C[C@@H](CN(C3CCC(F)(F)CC3)[C@@H](CC(C)C)C1)O2. The van der Waals surface area contributed by atoms with E-state index >= 15 is 0 Å². The first-order valence-corrected chi connectivity index (χ1v) is 17.4. The van der Waals surface area contributed by atoms with Crippen LogP contribution in [0.2, 0.25) is 0 Å². The van der Waals surface area contributed by atoms with E-state index in [0.29, 0.717) is 37.5 Å². The molecule has 246 valence electrons. The van der Waals surface area contributed by atoms with Gasteiger partial charge in [-0.25, -0.2) is 26.9 Å². The molecule has 1 saturated carbocycles. The lowest BCUT2D eigenvalue weighted by Gasteiger charge is -2.42. The molecule has 1 amide bonds. The van der Waals surface area contributed by atoms with Crippen molar-refractivity contribution in [1.29, 1.82) is 0 Å². The molecule has 0 unspecified atom stereocenters. The quantitative estimate of drug-likeness (QED) is 0.364. The van der Waals surface area contributed by atoms with Gasteiger partial charge >= 0.3 is 0 Å². The van der Waals surface area contributed by atoms with E-state index in [1.54, 1.807) is 23.1 Å². The average molecular weight is 654 g/mol. The van der Waals surface area contributed by atoms with Crippen LogP contribution in [0.1, 0.15) is 67.4 Å². The van der Waals surface area contributed by atoms with Crippen molar-refractivity contribution < 1.29 is 26.7 Å². The van der Waals surface area contributed by atoms with Crippen LogP contribution in [0, 0.1) is 19.8 Å². The molecule has 1 aromatic heterocycles. The van der Waals surface area contributed by atoms with Gasteiger partial charge in [0.25, 0.3) is 15.9 Å². The fourth-order valence-corrected chi connectivity index (χ4v) is 8.12. The summed E-state index contributed by atoms with van der Waals surface area (Å²) in [4.78, 5) is 27.1. The summed E-state index contributed by atoms with van der Waals surface area (Å²) in [5.41, 5.74) is 3.46. The van der Waals surface area contributed by atoms with Crippen LogP contribution in [-0.2, 0) is 10.0 Å². The minimum Gasteiger partial charge on any atom is -0.471 e. The van der Waals surface area contributed by atoms with E-state index in [1.165, 1.54) is 12.1 Å². The van der Waals surface area contributed by atoms with Crippen molar-refractivity contribution in [3.63, 3.8) is 0 Å². The summed E-state index contributed by atoms with van der Waals surface area (Å²) in [6.45, 7) is 9.13. The van der Waals surface area contributed by atoms with Crippen LogP contribution in [-0.4, -0.2) is 77.8 Å². The van der Waals surface area contributed by atoms with Crippen molar-refractivity contribution >= 4 is 21.9 Å². The highest BCUT2D eigenvalue weighted by Gasteiger charge is 2.42. The number of hydrogen-bond donors (Lipinski definition) is 1. The molecule has 0 spiro atoms. The second kappa shape index (κ2) is 12.5. The molecule has 9 nitrogen and oxygen atoms in total. The fraction of sp³-hybridized carbons (Fsp3) is 0.500. The maximum atomic E-state index is 14.3. The highest BCUT2D eigenvalue weighted by atomic mass is 32.2. The number of aryl methyl sites for hydroxylation is 2. The first kappa shape index (κ1) is 32.3. The molecule has 3 aromatic rings. The van der Waals surface area contributed by atoms with Gasteiger partial charge in [0.15, 0.2) is 0 Å². The number of rotatable bonds is 4. The molecule has 46 heavy (non-hydrogen) atoms. The van der Waals surface area contributed by atoms with E-state index in [2.05, 4.69) is 33.4 Å².